The Morgan fingerprint density at radius 1 is 1.14 bits per heavy atom. The van der Waals surface area contributed by atoms with Crippen LogP contribution < -0.4 is 4.31 Å². The Kier molecular flexibility index (Phi) is 4.75. The fourth-order valence-electron chi connectivity index (χ4n) is 4.06. The molecule has 2 atom stereocenters. The number of benzene rings is 3. The van der Waals surface area contributed by atoms with E-state index in [-0.39, 0.29) is 11.3 Å². The maximum absolute atomic E-state index is 13.9. The number of aliphatic carboxylic acids is 1. The van der Waals surface area contributed by atoms with Crippen LogP contribution in [-0.4, -0.2) is 25.5 Å². The number of nitrogens with zero attached hydrogens (tertiary/aromatic N) is 1. The van der Waals surface area contributed by atoms with Gasteiger partial charge in [-0.3, -0.25) is 9.10 Å². The lowest BCUT2D eigenvalue weighted by molar-refractivity contribution is -0.137. The quantitative estimate of drug-likeness (QED) is 0.642. The number of carboxylic acid groups (broad SMARTS) is 1. The number of hydrogen-bond donors (Lipinski definition) is 1. The molecule has 1 N–H and O–H groups in total. The van der Waals surface area contributed by atoms with Gasteiger partial charge in [0.25, 0.3) is 10.0 Å². The van der Waals surface area contributed by atoms with Crippen molar-refractivity contribution in [3.63, 3.8) is 0 Å². The third kappa shape index (κ3) is 3.14. The summed E-state index contributed by atoms with van der Waals surface area (Å²) in [7, 11) is -4.07. The van der Waals surface area contributed by atoms with Crippen molar-refractivity contribution in [3.8, 4) is 0 Å². The largest absolute Gasteiger partial charge is 0.481 e. The van der Waals surface area contributed by atoms with Crippen LogP contribution >= 0.6 is 11.6 Å². The second kappa shape index (κ2) is 7.00. The summed E-state index contributed by atoms with van der Waals surface area (Å²) in [5, 5.41) is 10.8. The molecule has 0 aliphatic carbocycles. The van der Waals surface area contributed by atoms with Crippen LogP contribution in [-0.2, 0) is 14.8 Å². The lowest BCUT2D eigenvalue weighted by Crippen LogP contribution is -2.37. The lowest BCUT2D eigenvalue weighted by atomic mass is 9.93. The van der Waals surface area contributed by atoms with E-state index in [0.717, 1.165) is 0 Å². The molecule has 3 aromatic carbocycles. The van der Waals surface area contributed by atoms with Crippen LogP contribution in [0, 0.1) is 5.82 Å². The molecular formula is C21H17ClFNO4S. The maximum Gasteiger partial charge on any atom is 0.304 e. The fraction of sp³-hybridized carbons (Fsp3) is 0.190. The zero-order valence-electron chi connectivity index (χ0n) is 15.3. The van der Waals surface area contributed by atoms with Crippen molar-refractivity contribution < 1.29 is 22.7 Å². The molecule has 2 unspecified atom stereocenters. The molecule has 0 amide bonds. The monoisotopic (exact) mass is 433 g/mol. The molecule has 0 saturated carbocycles. The van der Waals surface area contributed by atoms with Crippen LogP contribution in [0.5, 0.6) is 0 Å². The minimum Gasteiger partial charge on any atom is -0.481 e. The molecule has 3 aromatic rings. The number of fused-ring (bicyclic) bond motifs is 2. The molecule has 0 fully saturated rings. The molecule has 1 aliphatic heterocycles. The Balaban J connectivity index is 1.93. The van der Waals surface area contributed by atoms with Crippen molar-refractivity contribution in [3.05, 3.63) is 71.0 Å². The van der Waals surface area contributed by atoms with Crippen molar-refractivity contribution >= 4 is 44.1 Å². The van der Waals surface area contributed by atoms with Gasteiger partial charge in [-0.1, -0.05) is 35.9 Å². The Labute approximate surface area is 172 Å². The van der Waals surface area contributed by atoms with Crippen molar-refractivity contribution in [1.29, 1.82) is 0 Å². The number of carbonyl (C=O) groups is 1. The summed E-state index contributed by atoms with van der Waals surface area (Å²) in [6, 6.07) is 13.0. The molecule has 29 heavy (non-hydrogen) atoms. The molecule has 0 spiro atoms. The van der Waals surface area contributed by atoms with E-state index >= 15 is 0 Å². The summed E-state index contributed by atoms with van der Waals surface area (Å²) in [6.45, 7) is 1.64. The number of anilines is 1. The SMILES string of the molecule is CC1C(CC(=O)O)c2cc(F)ccc2N1S(=O)(=O)c1cccc2c(Cl)cccc12. The maximum atomic E-state index is 13.9. The first-order valence-electron chi connectivity index (χ1n) is 8.94. The summed E-state index contributed by atoms with van der Waals surface area (Å²) in [4.78, 5) is 11.4. The molecule has 1 heterocycles. The van der Waals surface area contributed by atoms with Gasteiger partial charge in [-0.05, 0) is 42.8 Å². The highest BCUT2D eigenvalue weighted by Crippen LogP contribution is 2.46. The van der Waals surface area contributed by atoms with Crippen molar-refractivity contribution in [2.75, 3.05) is 4.31 Å². The predicted molar refractivity (Wildman–Crippen MR) is 109 cm³/mol. The Morgan fingerprint density at radius 2 is 1.83 bits per heavy atom. The average molecular weight is 434 g/mol. The van der Waals surface area contributed by atoms with Crippen LogP contribution in [0.4, 0.5) is 10.1 Å². The lowest BCUT2D eigenvalue weighted by Gasteiger charge is -2.27. The number of carboxylic acids is 1. The standard InChI is InChI=1S/C21H17ClFNO4S/c1-12-16(11-21(25)26)17-10-13(23)8-9-19(17)24(12)29(27,28)20-7-3-4-14-15(20)5-2-6-18(14)22/h2-10,12,16H,11H2,1H3,(H,25,26). The zero-order chi connectivity index (χ0) is 20.9. The normalized spacial score (nSPS) is 18.8. The summed E-state index contributed by atoms with van der Waals surface area (Å²) in [6.07, 6.45) is -0.301. The summed E-state index contributed by atoms with van der Waals surface area (Å²) in [5.41, 5.74) is 0.672. The van der Waals surface area contributed by atoms with E-state index in [0.29, 0.717) is 27.0 Å². The van der Waals surface area contributed by atoms with Crippen LogP contribution in [0.15, 0.2) is 59.5 Å². The molecule has 0 bridgehead atoms. The molecule has 150 valence electrons. The minimum absolute atomic E-state index is 0.0654. The molecule has 4 rings (SSSR count). The fourth-order valence-corrected chi connectivity index (χ4v) is 6.22. The number of halogens is 2. The highest BCUT2D eigenvalue weighted by Gasteiger charge is 2.43. The second-order valence-electron chi connectivity index (χ2n) is 7.04. The first kappa shape index (κ1) is 19.7. The van der Waals surface area contributed by atoms with E-state index in [1.807, 2.05) is 0 Å². The molecule has 0 aromatic heterocycles. The van der Waals surface area contributed by atoms with Gasteiger partial charge in [-0.2, -0.15) is 0 Å². The molecule has 1 aliphatic rings. The second-order valence-corrected chi connectivity index (χ2v) is 9.23. The highest BCUT2D eigenvalue weighted by atomic mass is 35.5. The van der Waals surface area contributed by atoms with Gasteiger partial charge in [0.15, 0.2) is 0 Å². The van der Waals surface area contributed by atoms with E-state index in [4.69, 9.17) is 11.6 Å². The first-order chi connectivity index (χ1) is 13.7. The van der Waals surface area contributed by atoms with Gasteiger partial charge in [0, 0.05) is 21.7 Å². The van der Waals surface area contributed by atoms with Crippen LogP contribution in [0.1, 0.15) is 24.8 Å². The smallest absolute Gasteiger partial charge is 0.304 e. The van der Waals surface area contributed by atoms with Gasteiger partial charge in [-0.25, -0.2) is 12.8 Å². The Morgan fingerprint density at radius 3 is 2.55 bits per heavy atom. The third-order valence-corrected chi connectivity index (χ3v) is 7.63. The highest BCUT2D eigenvalue weighted by molar-refractivity contribution is 7.93. The van der Waals surface area contributed by atoms with Gasteiger partial charge in [-0.15, -0.1) is 0 Å². The van der Waals surface area contributed by atoms with Gasteiger partial charge in [0.1, 0.15) is 5.82 Å². The van der Waals surface area contributed by atoms with E-state index in [1.54, 1.807) is 37.3 Å². The third-order valence-electron chi connectivity index (χ3n) is 5.34. The van der Waals surface area contributed by atoms with Crippen molar-refractivity contribution in [2.24, 2.45) is 0 Å². The number of rotatable bonds is 4. The predicted octanol–water partition coefficient (Wildman–Crippen LogP) is 4.79. The molecule has 8 heteroatoms. The zero-order valence-corrected chi connectivity index (χ0v) is 16.9. The van der Waals surface area contributed by atoms with Gasteiger partial charge in [0.05, 0.1) is 23.0 Å². The molecular weight excluding hydrogens is 417 g/mol. The summed E-state index contributed by atoms with van der Waals surface area (Å²) >= 11 is 6.23. The molecule has 5 nitrogen and oxygen atoms in total. The van der Waals surface area contributed by atoms with Gasteiger partial charge in [0.2, 0.25) is 0 Å². The summed E-state index contributed by atoms with van der Waals surface area (Å²) in [5.74, 6) is -2.28. The Bertz CT molecular complexity index is 1240. The molecule has 0 saturated heterocycles. The number of sulfonamides is 1. The first-order valence-corrected chi connectivity index (χ1v) is 10.8. The van der Waals surface area contributed by atoms with Gasteiger partial charge < -0.3 is 5.11 Å². The van der Waals surface area contributed by atoms with E-state index < -0.39 is 33.8 Å². The molecule has 0 radical (unpaired) electrons. The summed E-state index contributed by atoms with van der Waals surface area (Å²) < 4.78 is 42.5. The van der Waals surface area contributed by atoms with Crippen LogP contribution in [0.3, 0.4) is 0 Å². The van der Waals surface area contributed by atoms with E-state index in [2.05, 4.69) is 0 Å². The van der Waals surface area contributed by atoms with E-state index in [1.165, 1.54) is 28.6 Å². The average Bonchev–Trinajstić information content (AvgIpc) is 2.93. The minimum atomic E-state index is -4.07. The van der Waals surface area contributed by atoms with Crippen molar-refractivity contribution in [2.45, 2.75) is 30.2 Å². The van der Waals surface area contributed by atoms with Crippen LogP contribution in [0.2, 0.25) is 5.02 Å². The topological polar surface area (TPSA) is 74.7 Å². The van der Waals surface area contributed by atoms with E-state index in [9.17, 15) is 22.7 Å². The van der Waals surface area contributed by atoms with Crippen molar-refractivity contribution in [1.82, 2.24) is 0 Å². The van der Waals surface area contributed by atoms with Crippen LogP contribution in [0.25, 0.3) is 10.8 Å². The number of hydrogen-bond acceptors (Lipinski definition) is 3. The Hall–Kier alpha value is -2.64. The van der Waals surface area contributed by atoms with Gasteiger partial charge >= 0.3 is 5.97 Å².